The highest BCUT2D eigenvalue weighted by Gasteiger charge is 2.03. The van der Waals surface area contributed by atoms with E-state index in [1.165, 1.54) is 0 Å². The van der Waals surface area contributed by atoms with Gasteiger partial charge in [-0.1, -0.05) is 15.9 Å². The van der Waals surface area contributed by atoms with Crippen molar-refractivity contribution >= 4 is 39.1 Å². The lowest BCUT2D eigenvalue weighted by Crippen LogP contribution is -2.11. The molecule has 0 spiro atoms. The molecule has 1 rings (SSSR count). The lowest BCUT2D eigenvalue weighted by Gasteiger charge is -2.06. The lowest BCUT2D eigenvalue weighted by molar-refractivity contribution is -0.116. The highest BCUT2D eigenvalue weighted by Crippen LogP contribution is 2.19. The Balaban J connectivity index is 2.49. The minimum absolute atomic E-state index is 0.0441. The normalized spacial score (nSPS) is 10.2. The van der Waals surface area contributed by atoms with Crippen LogP contribution in [0.3, 0.4) is 0 Å². The molecule has 16 heavy (non-hydrogen) atoms. The van der Waals surface area contributed by atoms with Gasteiger partial charge in [-0.2, -0.15) is 0 Å². The van der Waals surface area contributed by atoms with Crippen LogP contribution in [0.25, 0.3) is 0 Å². The molecule has 0 heterocycles. The lowest BCUT2D eigenvalue weighted by atomic mass is 10.2. The van der Waals surface area contributed by atoms with Gasteiger partial charge in [0, 0.05) is 22.5 Å². The van der Waals surface area contributed by atoms with Gasteiger partial charge in [0.1, 0.15) is 0 Å². The van der Waals surface area contributed by atoms with Gasteiger partial charge in [-0.25, -0.2) is 0 Å². The molecule has 0 saturated carbocycles. The standard InChI is InChI=1S/C12H15BrClNO/c1-9-6-10(13)8-11(7-9)15-12(16)4-2-3-5-14/h6-8H,2-5H2,1H3,(H,15,16). The molecule has 1 aromatic carbocycles. The van der Waals surface area contributed by atoms with Crippen LogP contribution in [0, 0.1) is 6.92 Å². The molecule has 4 heteroatoms. The zero-order valence-electron chi connectivity index (χ0n) is 9.22. The zero-order chi connectivity index (χ0) is 12.0. The maximum atomic E-state index is 11.5. The Kier molecular flexibility index (Phi) is 5.85. The molecule has 1 aromatic rings. The number of unbranched alkanes of at least 4 members (excludes halogenated alkanes) is 1. The smallest absolute Gasteiger partial charge is 0.224 e. The van der Waals surface area contributed by atoms with Crippen molar-refractivity contribution in [2.45, 2.75) is 26.2 Å². The molecule has 0 saturated heterocycles. The predicted molar refractivity (Wildman–Crippen MR) is 72.1 cm³/mol. The summed E-state index contributed by atoms with van der Waals surface area (Å²) in [5, 5.41) is 2.87. The van der Waals surface area contributed by atoms with Crippen LogP contribution in [0.15, 0.2) is 22.7 Å². The minimum Gasteiger partial charge on any atom is -0.326 e. The van der Waals surface area contributed by atoms with Crippen molar-refractivity contribution in [1.82, 2.24) is 0 Å². The van der Waals surface area contributed by atoms with E-state index in [-0.39, 0.29) is 5.91 Å². The largest absolute Gasteiger partial charge is 0.326 e. The molecule has 0 unspecified atom stereocenters. The number of halogens is 2. The van der Waals surface area contributed by atoms with Gasteiger partial charge in [0.15, 0.2) is 0 Å². The number of carbonyl (C=O) groups is 1. The number of carbonyl (C=O) groups excluding carboxylic acids is 1. The van der Waals surface area contributed by atoms with Gasteiger partial charge in [0.2, 0.25) is 5.91 Å². The zero-order valence-corrected chi connectivity index (χ0v) is 11.6. The van der Waals surface area contributed by atoms with E-state index in [4.69, 9.17) is 11.6 Å². The Morgan fingerprint density at radius 2 is 2.12 bits per heavy atom. The third-order valence-electron chi connectivity index (χ3n) is 2.11. The number of hydrogen-bond donors (Lipinski definition) is 1. The van der Waals surface area contributed by atoms with Crippen molar-refractivity contribution < 1.29 is 4.79 Å². The number of nitrogens with one attached hydrogen (secondary N) is 1. The van der Waals surface area contributed by atoms with Crippen molar-refractivity contribution in [2.24, 2.45) is 0 Å². The molecular formula is C12H15BrClNO. The molecule has 1 amide bonds. The van der Waals surface area contributed by atoms with Crippen molar-refractivity contribution in [3.63, 3.8) is 0 Å². The van der Waals surface area contributed by atoms with Gasteiger partial charge in [-0.3, -0.25) is 4.79 Å². The van der Waals surface area contributed by atoms with Crippen LogP contribution < -0.4 is 5.32 Å². The average molecular weight is 305 g/mol. The summed E-state index contributed by atoms with van der Waals surface area (Å²) in [6.07, 6.45) is 2.24. The topological polar surface area (TPSA) is 29.1 Å². The molecule has 1 N–H and O–H groups in total. The van der Waals surface area contributed by atoms with Gasteiger partial charge >= 0.3 is 0 Å². The Bertz CT molecular complexity index is 348. The SMILES string of the molecule is Cc1cc(Br)cc(NC(=O)CCCCCl)c1. The second kappa shape index (κ2) is 6.92. The monoisotopic (exact) mass is 303 g/mol. The van der Waals surface area contributed by atoms with Crippen molar-refractivity contribution in [3.05, 3.63) is 28.2 Å². The van der Waals surface area contributed by atoms with E-state index in [0.717, 1.165) is 28.6 Å². The van der Waals surface area contributed by atoms with E-state index in [2.05, 4.69) is 21.2 Å². The summed E-state index contributed by atoms with van der Waals surface area (Å²) in [5.41, 5.74) is 1.95. The summed E-state index contributed by atoms with van der Waals surface area (Å²) in [6.45, 7) is 1.99. The number of aryl methyl sites for hydroxylation is 1. The van der Waals surface area contributed by atoms with Crippen LogP contribution in [-0.4, -0.2) is 11.8 Å². The van der Waals surface area contributed by atoms with E-state index < -0.39 is 0 Å². The van der Waals surface area contributed by atoms with Crippen LogP contribution in [0.1, 0.15) is 24.8 Å². The summed E-state index contributed by atoms with van der Waals surface area (Å²) in [7, 11) is 0. The summed E-state index contributed by atoms with van der Waals surface area (Å²) < 4.78 is 0.976. The van der Waals surface area contributed by atoms with E-state index >= 15 is 0 Å². The number of amides is 1. The molecule has 88 valence electrons. The van der Waals surface area contributed by atoms with Gasteiger partial charge < -0.3 is 5.32 Å². The van der Waals surface area contributed by atoms with Crippen LogP contribution in [0.4, 0.5) is 5.69 Å². The Labute approximate surface area is 110 Å². The minimum atomic E-state index is 0.0441. The Hall–Kier alpha value is -0.540. The van der Waals surface area contributed by atoms with E-state index in [1.54, 1.807) is 0 Å². The van der Waals surface area contributed by atoms with Crippen molar-refractivity contribution in [3.8, 4) is 0 Å². The molecule has 2 nitrogen and oxygen atoms in total. The van der Waals surface area contributed by atoms with E-state index in [9.17, 15) is 4.79 Å². The number of rotatable bonds is 5. The quantitative estimate of drug-likeness (QED) is 0.644. The number of alkyl halides is 1. The molecule has 0 fully saturated rings. The first-order chi connectivity index (χ1) is 7.61. The second-order valence-electron chi connectivity index (χ2n) is 3.71. The molecule has 0 aliphatic carbocycles. The molecule has 0 aromatic heterocycles. The fourth-order valence-electron chi connectivity index (χ4n) is 1.41. The summed E-state index contributed by atoms with van der Waals surface area (Å²) >= 11 is 8.95. The van der Waals surface area contributed by atoms with E-state index in [1.807, 2.05) is 25.1 Å². The van der Waals surface area contributed by atoms with Crippen LogP contribution in [-0.2, 0) is 4.79 Å². The second-order valence-corrected chi connectivity index (χ2v) is 5.01. The van der Waals surface area contributed by atoms with Gasteiger partial charge in [-0.05, 0) is 43.5 Å². The maximum Gasteiger partial charge on any atom is 0.224 e. The van der Waals surface area contributed by atoms with E-state index in [0.29, 0.717) is 12.3 Å². The molecule has 0 aliphatic heterocycles. The predicted octanol–water partition coefficient (Wildman–Crippen LogP) is 4.11. The first kappa shape index (κ1) is 13.5. The van der Waals surface area contributed by atoms with Gasteiger partial charge in [0.25, 0.3) is 0 Å². The van der Waals surface area contributed by atoms with Crippen LogP contribution >= 0.6 is 27.5 Å². The molecule has 0 atom stereocenters. The van der Waals surface area contributed by atoms with Crippen LogP contribution in [0.2, 0.25) is 0 Å². The third kappa shape index (κ3) is 4.99. The highest BCUT2D eigenvalue weighted by molar-refractivity contribution is 9.10. The van der Waals surface area contributed by atoms with Crippen molar-refractivity contribution in [1.29, 1.82) is 0 Å². The fraction of sp³-hybridized carbons (Fsp3) is 0.417. The highest BCUT2D eigenvalue weighted by atomic mass is 79.9. The van der Waals surface area contributed by atoms with Crippen LogP contribution in [0.5, 0.6) is 0 Å². The molecular weight excluding hydrogens is 289 g/mol. The summed E-state index contributed by atoms with van der Waals surface area (Å²) in [5.74, 6) is 0.658. The fourth-order valence-corrected chi connectivity index (χ4v) is 2.21. The molecule has 0 bridgehead atoms. The average Bonchev–Trinajstić information content (AvgIpc) is 2.16. The third-order valence-corrected chi connectivity index (χ3v) is 2.84. The number of benzene rings is 1. The summed E-state index contributed by atoms with van der Waals surface area (Å²) in [6, 6.07) is 5.85. The maximum absolute atomic E-state index is 11.5. The number of anilines is 1. The first-order valence-electron chi connectivity index (χ1n) is 5.25. The van der Waals surface area contributed by atoms with Gasteiger partial charge in [0.05, 0.1) is 0 Å². The number of hydrogen-bond acceptors (Lipinski definition) is 1. The van der Waals surface area contributed by atoms with Crippen molar-refractivity contribution in [2.75, 3.05) is 11.2 Å². The Morgan fingerprint density at radius 1 is 1.38 bits per heavy atom. The molecule has 0 aliphatic rings. The molecule has 0 radical (unpaired) electrons. The first-order valence-corrected chi connectivity index (χ1v) is 6.57. The van der Waals surface area contributed by atoms with Gasteiger partial charge in [-0.15, -0.1) is 11.6 Å². The summed E-state index contributed by atoms with van der Waals surface area (Å²) in [4.78, 5) is 11.5. The Morgan fingerprint density at radius 3 is 2.75 bits per heavy atom.